The molecule has 0 aromatic heterocycles. The van der Waals surface area contributed by atoms with Crippen LogP contribution in [0.3, 0.4) is 0 Å². The van der Waals surface area contributed by atoms with E-state index in [1.807, 2.05) is 0 Å². The molecule has 1 aromatic rings. The van der Waals surface area contributed by atoms with Crippen molar-refractivity contribution in [2.75, 3.05) is 6.54 Å². The van der Waals surface area contributed by atoms with Crippen LogP contribution in [0.4, 0.5) is 4.39 Å². The van der Waals surface area contributed by atoms with Crippen LogP contribution >= 0.6 is 0 Å². The van der Waals surface area contributed by atoms with Crippen LogP contribution < -0.4 is 0 Å². The van der Waals surface area contributed by atoms with E-state index in [0.717, 1.165) is 17.9 Å². The van der Waals surface area contributed by atoms with E-state index in [2.05, 4.69) is 0 Å². The molecule has 0 heterocycles. The van der Waals surface area contributed by atoms with Crippen molar-refractivity contribution in [1.29, 1.82) is 0 Å². The van der Waals surface area contributed by atoms with Gasteiger partial charge < -0.3 is 5.11 Å². The first kappa shape index (κ1) is 13.8. The summed E-state index contributed by atoms with van der Waals surface area (Å²) in [7, 11) is 0. The lowest BCUT2D eigenvalue weighted by Gasteiger charge is -2.18. The molecule has 0 aliphatic heterocycles. The average Bonchev–Trinajstić information content (AvgIpc) is 2.28. The Balaban J connectivity index is 2.89. The minimum atomic E-state index is -1.12. The predicted octanol–water partition coefficient (Wildman–Crippen LogP) is 1.29. The number of hydrogen-bond acceptors (Lipinski definition) is 3. The first-order valence-electron chi connectivity index (χ1n) is 5.21. The molecule has 1 aromatic carbocycles. The molecule has 1 rings (SSSR count). The summed E-state index contributed by atoms with van der Waals surface area (Å²) < 4.78 is 13.0. The smallest absolute Gasteiger partial charge is 0.305 e. The van der Waals surface area contributed by atoms with Crippen LogP contribution in [0, 0.1) is 5.82 Å². The van der Waals surface area contributed by atoms with E-state index in [0.29, 0.717) is 0 Å². The van der Waals surface area contributed by atoms with Crippen molar-refractivity contribution in [2.24, 2.45) is 0 Å². The molecule has 0 radical (unpaired) electrons. The molecule has 0 aliphatic carbocycles. The van der Waals surface area contributed by atoms with Gasteiger partial charge in [-0.2, -0.15) is 0 Å². The third-order valence-corrected chi connectivity index (χ3v) is 2.25. The summed E-state index contributed by atoms with van der Waals surface area (Å²) in [6.07, 6.45) is -0.347. The molecule has 0 spiro atoms. The fourth-order valence-electron chi connectivity index (χ4n) is 1.39. The summed E-state index contributed by atoms with van der Waals surface area (Å²) in [5, 5.41) is 8.53. The molecule has 0 fully saturated rings. The summed E-state index contributed by atoms with van der Waals surface area (Å²) in [4.78, 5) is 34.4. The number of benzene rings is 1. The number of halogens is 1. The van der Waals surface area contributed by atoms with Crippen molar-refractivity contribution < 1.29 is 23.9 Å². The van der Waals surface area contributed by atoms with Crippen LogP contribution in [0.2, 0.25) is 0 Å². The number of amides is 2. The van der Waals surface area contributed by atoms with Gasteiger partial charge in [0.1, 0.15) is 5.82 Å². The van der Waals surface area contributed by atoms with Gasteiger partial charge in [0.25, 0.3) is 5.91 Å². The molecule has 6 heteroatoms. The van der Waals surface area contributed by atoms with Crippen molar-refractivity contribution in [3.8, 4) is 0 Å². The van der Waals surface area contributed by atoms with Gasteiger partial charge in [-0.1, -0.05) is 6.07 Å². The summed E-state index contributed by atoms with van der Waals surface area (Å²) in [5.41, 5.74) is 0.00980. The molecule has 0 saturated heterocycles. The monoisotopic (exact) mass is 253 g/mol. The number of carboxylic acid groups (broad SMARTS) is 1. The highest BCUT2D eigenvalue weighted by atomic mass is 19.1. The fraction of sp³-hybridized carbons (Fsp3) is 0.250. The molecule has 0 unspecified atom stereocenters. The third-order valence-electron chi connectivity index (χ3n) is 2.25. The van der Waals surface area contributed by atoms with E-state index < -0.39 is 23.6 Å². The number of carbonyl (C=O) groups excluding carboxylic acids is 2. The van der Waals surface area contributed by atoms with Gasteiger partial charge in [-0.25, -0.2) is 4.39 Å². The predicted molar refractivity (Wildman–Crippen MR) is 60.4 cm³/mol. The van der Waals surface area contributed by atoms with Gasteiger partial charge in [0, 0.05) is 19.0 Å². The second-order valence-corrected chi connectivity index (χ2v) is 3.63. The maximum Gasteiger partial charge on any atom is 0.305 e. The van der Waals surface area contributed by atoms with Gasteiger partial charge >= 0.3 is 5.97 Å². The van der Waals surface area contributed by atoms with Gasteiger partial charge in [-0.05, 0) is 18.2 Å². The van der Waals surface area contributed by atoms with Crippen molar-refractivity contribution in [3.63, 3.8) is 0 Å². The summed E-state index contributed by atoms with van der Waals surface area (Å²) in [5.74, 6) is -3.00. The zero-order chi connectivity index (χ0) is 13.7. The van der Waals surface area contributed by atoms with E-state index in [1.54, 1.807) is 0 Å². The maximum absolute atomic E-state index is 13.0. The molecule has 0 atom stereocenters. The third kappa shape index (κ3) is 3.65. The van der Waals surface area contributed by atoms with Crippen LogP contribution in [-0.4, -0.2) is 34.3 Å². The van der Waals surface area contributed by atoms with Crippen LogP contribution in [0.15, 0.2) is 24.3 Å². The molecule has 5 nitrogen and oxygen atoms in total. The minimum absolute atomic E-state index is 0.00980. The highest BCUT2D eigenvalue weighted by molar-refractivity contribution is 6.04. The SMILES string of the molecule is CC(=O)N(CCC(=O)O)C(=O)c1cccc(F)c1. The number of hydrogen-bond donors (Lipinski definition) is 1. The zero-order valence-corrected chi connectivity index (χ0v) is 9.72. The quantitative estimate of drug-likeness (QED) is 0.877. The summed E-state index contributed by atoms with van der Waals surface area (Å²) in [6.45, 7) is 0.916. The molecule has 96 valence electrons. The Morgan fingerprint density at radius 2 is 2.00 bits per heavy atom. The molecule has 0 bridgehead atoms. The van der Waals surface area contributed by atoms with Gasteiger partial charge in [-0.3, -0.25) is 19.3 Å². The fourth-order valence-corrected chi connectivity index (χ4v) is 1.39. The number of aliphatic carboxylic acids is 1. The van der Waals surface area contributed by atoms with E-state index in [4.69, 9.17) is 5.11 Å². The molecular formula is C12H12FNO4. The Kier molecular flexibility index (Phi) is 4.53. The van der Waals surface area contributed by atoms with Gasteiger partial charge in [0.2, 0.25) is 5.91 Å². The topological polar surface area (TPSA) is 74.7 Å². The highest BCUT2D eigenvalue weighted by Gasteiger charge is 2.20. The van der Waals surface area contributed by atoms with Crippen molar-refractivity contribution in [1.82, 2.24) is 4.90 Å². The van der Waals surface area contributed by atoms with Gasteiger partial charge in [0.05, 0.1) is 6.42 Å². The molecule has 18 heavy (non-hydrogen) atoms. The number of imide groups is 1. The second kappa shape index (κ2) is 5.90. The number of carbonyl (C=O) groups is 3. The van der Waals surface area contributed by atoms with Crippen LogP contribution in [0.25, 0.3) is 0 Å². The van der Waals surface area contributed by atoms with Crippen LogP contribution in [-0.2, 0) is 9.59 Å². The number of rotatable bonds is 4. The number of carboxylic acids is 1. The lowest BCUT2D eigenvalue weighted by molar-refractivity contribution is -0.137. The second-order valence-electron chi connectivity index (χ2n) is 3.63. The van der Waals surface area contributed by atoms with E-state index >= 15 is 0 Å². The largest absolute Gasteiger partial charge is 0.481 e. The summed E-state index contributed by atoms with van der Waals surface area (Å²) in [6, 6.07) is 4.88. The molecular weight excluding hydrogens is 241 g/mol. The first-order valence-corrected chi connectivity index (χ1v) is 5.21. The van der Waals surface area contributed by atoms with Gasteiger partial charge in [0.15, 0.2) is 0 Å². The molecule has 0 aliphatic rings. The number of nitrogens with zero attached hydrogens (tertiary/aromatic N) is 1. The lowest BCUT2D eigenvalue weighted by Crippen LogP contribution is -2.36. The minimum Gasteiger partial charge on any atom is -0.481 e. The maximum atomic E-state index is 13.0. The Morgan fingerprint density at radius 1 is 1.33 bits per heavy atom. The molecule has 0 saturated carbocycles. The average molecular weight is 253 g/mol. The Bertz CT molecular complexity index is 487. The molecule has 2 amide bonds. The van der Waals surface area contributed by atoms with Crippen molar-refractivity contribution in [2.45, 2.75) is 13.3 Å². The van der Waals surface area contributed by atoms with E-state index in [1.165, 1.54) is 18.2 Å². The van der Waals surface area contributed by atoms with Crippen LogP contribution in [0.5, 0.6) is 0 Å². The van der Waals surface area contributed by atoms with E-state index in [9.17, 15) is 18.8 Å². The first-order chi connectivity index (χ1) is 8.41. The normalized spacial score (nSPS) is 9.89. The standard InChI is InChI=1S/C12H12FNO4/c1-8(15)14(6-5-11(16)17)12(18)9-3-2-4-10(13)7-9/h2-4,7H,5-6H2,1H3,(H,16,17). The summed E-state index contributed by atoms with van der Waals surface area (Å²) >= 11 is 0. The van der Waals surface area contributed by atoms with Gasteiger partial charge in [-0.15, -0.1) is 0 Å². The lowest BCUT2D eigenvalue weighted by atomic mass is 10.2. The van der Waals surface area contributed by atoms with Crippen LogP contribution in [0.1, 0.15) is 23.7 Å². The van der Waals surface area contributed by atoms with Crippen molar-refractivity contribution in [3.05, 3.63) is 35.6 Å². The van der Waals surface area contributed by atoms with E-state index in [-0.39, 0.29) is 18.5 Å². The highest BCUT2D eigenvalue weighted by Crippen LogP contribution is 2.08. The Labute approximate surface area is 103 Å². The molecule has 1 N–H and O–H groups in total. The Morgan fingerprint density at radius 3 is 2.50 bits per heavy atom. The van der Waals surface area contributed by atoms with Crippen molar-refractivity contribution >= 4 is 17.8 Å². The Hall–Kier alpha value is -2.24. The zero-order valence-electron chi connectivity index (χ0n) is 9.72.